The molecule has 0 unspecified atom stereocenters. The second kappa shape index (κ2) is 11.2. The van der Waals surface area contributed by atoms with Crippen LogP contribution < -0.4 is 14.8 Å². The molecule has 1 amide bonds. The number of ether oxygens (including phenoxy) is 2. The van der Waals surface area contributed by atoms with E-state index in [0.717, 1.165) is 59.6 Å². The molecule has 2 heterocycles. The topological polar surface area (TPSA) is 63.7 Å². The third kappa shape index (κ3) is 5.66. The summed E-state index contributed by atoms with van der Waals surface area (Å²) in [5, 5.41) is 4.92. The monoisotopic (exact) mass is 481 g/mol. The van der Waals surface area contributed by atoms with Crippen molar-refractivity contribution in [2.75, 3.05) is 32.8 Å². The van der Waals surface area contributed by atoms with Gasteiger partial charge in [-0.2, -0.15) is 0 Å². The molecule has 1 aliphatic rings. The van der Waals surface area contributed by atoms with E-state index in [0.29, 0.717) is 18.8 Å². The van der Waals surface area contributed by atoms with Gasteiger partial charge in [-0.3, -0.25) is 9.69 Å². The zero-order chi connectivity index (χ0) is 24.7. The molecule has 36 heavy (non-hydrogen) atoms. The molecule has 184 valence electrons. The molecule has 1 fully saturated rings. The Hall–Kier alpha value is -3.90. The largest absolute Gasteiger partial charge is 0.494 e. The van der Waals surface area contributed by atoms with Crippen LogP contribution in [0.15, 0.2) is 84.9 Å². The van der Waals surface area contributed by atoms with Gasteiger partial charge in [0.05, 0.1) is 12.3 Å². The smallest absolute Gasteiger partial charge is 0.270 e. The number of aromatic nitrogens is 1. The van der Waals surface area contributed by atoms with Gasteiger partial charge in [-0.15, -0.1) is 0 Å². The molecule has 0 aliphatic carbocycles. The number of likely N-dealkylation sites (tertiary alicyclic amines) is 1. The normalized spacial score (nSPS) is 13.8. The SMILES string of the molecule is CCOc1ccc(-c2cc3ccccc3c(C(=O)NCCCN3CC(Oc4ccccc4)C3)n2)cc1. The number of carbonyl (C=O) groups is 1. The predicted octanol–water partition coefficient (Wildman–Crippen LogP) is 5.18. The van der Waals surface area contributed by atoms with Crippen LogP contribution >= 0.6 is 0 Å². The molecule has 1 aromatic heterocycles. The van der Waals surface area contributed by atoms with Gasteiger partial charge in [0.2, 0.25) is 0 Å². The fourth-order valence-corrected chi connectivity index (χ4v) is 4.47. The third-order valence-corrected chi connectivity index (χ3v) is 6.32. The summed E-state index contributed by atoms with van der Waals surface area (Å²) in [6.45, 7) is 5.94. The number of benzene rings is 3. The van der Waals surface area contributed by atoms with Crippen LogP contribution in [-0.4, -0.2) is 54.7 Å². The zero-order valence-corrected chi connectivity index (χ0v) is 20.5. The van der Waals surface area contributed by atoms with Crippen LogP contribution in [0.3, 0.4) is 0 Å². The van der Waals surface area contributed by atoms with E-state index in [2.05, 4.69) is 10.2 Å². The number of carbonyl (C=O) groups excluding carboxylic acids is 1. The zero-order valence-electron chi connectivity index (χ0n) is 20.5. The number of hydrogen-bond donors (Lipinski definition) is 1. The first kappa shape index (κ1) is 23.8. The number of amides is 1. The molecule has 1 N–H and O–H groups in total. The molecule has 5 rings (SSSR count). The first-order valence-electron chi connectivity index (χ1n) is 12.5. The minimum Gasteiger partial charge on any atom is -0.494 e. The summed E-state index contributed by atoms with van der Waals surface area (Å²) >= 11 is 0. The fraction of sp³-hybridized carbons (Fsp3) is 0.267. The van der Waals surface area contributed by atoms with Crippen molar-refractivity contribution >= 4 is 16.7 Å². The molecule has 0 spiro atoms. The average Bonchev–Trinajstić information content (AvgIpc) is 2.89. The number of para-hydroxylation sites is 1. The molecule has 0 saturated carbocycles. The molecule has 3 aromatic carbocycles. The number of nitrogens with one attached hydrogen (secondary N) is 1. The Bertz CT molecular complexity index is 1300. The van der Waals surface area contributed by atoms with Crippen molar-refractivity contribution in [3.8, 4) is 22.8 Å². The summed E-state index contributed by atoms with van der Waals surface area (Å²) in [6, 6.07) is 27.7. The molecule has 1 saturated heterocycles. The summed E-state index contributed by atoms with van der Waals surface area (Å²) in [7, 11) is 0. The van der Waals surface area contributed by atoms with Crippen molar-refractivity contribution in [3.63, 3.8) is 0 Å². The molecule has 0 radical (unpaired) electrons. The summed E-state index contributed by atoms with van der Waals surface area (Å²) in [5.41, 5.74) is 2.17. The van der Waals surface area contributed by atoms with Gasteiger partial charge in [-0.25, -0.2) is 4.98 Å². The number of hydrogen-bond acceptors (Lipinski definition) is 5. The van der Waals surface area contributed by atoms with Crippen molar-refractivity contribution < 1.29 is 14.3 Å². The Balaban J connectivity index is 1.17. The van der Waals surface area contributed by atoms with E-state index < -0.39 is 0 Å². The van der Waals surface area contributed by atoms with Crippen LogP contribution in [0.4, 0.5) is 0 Å². The van der Waals surface area contributed by atoms with Gasteiger partial charge in [0.25, 0.3) is 5.91 Å². The van der Waals surface area contributed by atoms with Crippen molar-refractivity contribution in [2.24, 2.45) is 0 Å². The maximum atomic E-state index is 13.1. The van der Waals surface area contributed by atoms with Gasteiger partial charge < -0.3 is 14.8 Å². The molecular weight excluding hydrogens is 450 g/mol. The fourth-order valence-electron chi connectivity index (χ4n) is 4.47. The molecular formula is C30H31N3O3. The maximum absolute atomic E-state index is 13.1. The van der Waals surface area contributed by atoms with Crippen LogP contribution in [0.25, 0.3) is 22.0 Å². The number of fused-ring (bicyclic) bond motifs is 1. The molecule has 1 aliphatic heterocycles. The maximum Gasteiger partial charge on any atom is 0.270 e. The lowest BCUT2D eigenvalue weighted by atomic mass is 10.0. The second-order valence-corrected chi connectivity index (χ2v) is 8.96. The second-order valence-electron chi connectivity index (χ2n) is 8.96. The van der Waals surface area contributed by atoms with E-state index in [-0.39, 0.29) is 12.0 Å². The van der Waals surface area contributed by atoms with E-state index in [4.69, 9.17) is 14.5 Å². The Morgan fingerprint density at radius 2 is 1.72 bits per heavy atom. The molecule has 0 atom stereocenters. The van der Waals surface area contributed by atoms with Crippen LogP contribution in [0.2, 0.25) is 0 Å². The highest BCUT2D eigenvalue weighted by Crippen LogP contribution is 2.26. The highest BCUT2D eigenvalue weighted by molar-refractivity contribution is 6.06. The number of nitrogens with zero attached hydrogens (tertiary/aromatic N) is 2. The number of rotatable bonds is 10. The Kier molecular flexibility index (Phi) is 7.43. The van der Waals surface area contributed by atoms with E-state index in [1.165, 1.54) is 0 Å². The van der Waals surface area contributed by atoms with Crippen molar-refractivity contribution in [1.29, 1.82) is 0 Å². The van der Waals surface area contributed by atoms with Crippen molar-refractivity contribution in [3.05, 3.63) is 90.6 Å². The van der Waals surface area contributed by atoms with Crippen LogP contribution in [0, 0.1) is 0 Å². The standard InChI is InChI=1S/C30H31N3O3/c1-2-35-24-15-13-22(14-16-24)28-19-23-9-6-7-12-27(23)29(32-28)30(34)31-17-8-18-33-20-26(21-33)36-25-10-4-3-5-11-25/h3-7,9-16,19,26H,2,8,17-18,20-21H2,1H3,(H,31,34). The van der Waals surface area contributed by atoms with E-state index in [1.54, 1.807) is 0 Å². The predicted molar refractivity (Wildman–Crippen MR) is 143 cm³/mol. The lowest BCUT2D eigenvalue weighted by Crippen LogP contribution is -2.54. The van der Waals surface area contributed by atoms with Gasteiger partial charge in [0.1, 0.15) is 23.3 Å². The first-order valence-corrected chi connectivity index (χ1v) is 12.5. The highest BCUT2D eigenvalue weighted by Gasteiger charge is 2.27. The van der Waals surface area contributed by atoms with Gasteiger partial charge in [0.15, 0.2) is 0 Å². The summed E-state index contributed by atoms with van der Waals surface area (Å²) < 4.78 is 11.5. The average molecular weight is 482 g/mol. The number of pyridine rings is 1. The Morgan fingerprint density at radius 3 is 2.50 bits per heavy atom. The van der Waals surface area contributed by atoms with Gasteiger partial charge in [-0.1, -0.05) is 42.5 Å². The van der Waals surface area contributed by atoms with E-state index >= 15 is 0 Å². The van der Waals surface area contributed by atoms with Crippen LogP contribution in [0.5, 0.6) is 11.5 Å². The lowest BCUT2D eigenvalue weighted by Gasteiger charge is -2.39. The van der Waals surface area contributed by atoms with E-state index in [1.807, 2.05) is 91.9 Å². The molecule has 0 bridgehead atoms. The summed E-state index contributed by atoms with van der Waals surface area (Å²) in [4.78, 5) is 20.2. The quantitative estimate of drug-likeness (QED) is 0.316. The Labute approximate surface area is 211 Å². The van der Waals surface area contributed by atoms with Gasteiger partial charge in [-0.05, 0) is 61.2 Å². The molecule has 6 nitrogen and oxygen atoms in total. The van der Waals surface area contributed by atoms with Crippen LogP contribution in [0.1, 0.15) is 23.8 Å². The van der Waals surface area contributed by atoms with Crippen molar-refractivity contribution in [1.82, 2.24) is 15.2 Å². The molecule has 6 heteroatoms. The lowest BCUT2D eigenvalue weighted by molar-refractivity contribution is 0.0195. The van der Waals surface area contributed by atoms with Gasteiger partial charge in [0, 0.05) is 37.1 Å². The minimum atomic E-state index is -0.145. The first-order chi connectivity index (χ1) is 17.7. The van der Waals surface area contributed by atoms with E-state index in [9.17, 15) is 4.79 Å². The highest BCUT2D eigenvalue weighted by atomic mass is 16.5. The van der Waals surface area contributed by atoms with Gasteiger partial charge >= 0.3 is 0 Å². The third-order valence-electron chi connectivity index (χ3n) is 6.32. The summed E-state index contributed by atoms with van der Waals surface area (Å²) in [6.07, 6.45) is 1.11. The van der Waals surface area contributed by atoms with Crippen LogP contribution in [-0.2, 0) is 0 Å². The summed E-state index contributed by atoms with van der Waals surface area (Å²) in [5.74, 6) is 1.59. The molecule has 4 aromatic rings. The Morgan fingerprint density at radius 1 is 0.972 bits per heavy atom. The minimum absolute atomic E-state index is 0.145. The van der Waals surface area contributed by atoms with Crippen molar-refractivity contribution in [2.45, 2.75) is 19.4 Å².